The summed E-state index contributed by atoms with van der Waals surface area (Å²) in [6.07, 6.45) is 47.4. The molecule has 0 aromatic heterocycles. The number of phosphoric acid groups is 2. The summed E-state index contributed by atoms with van der Waals surface area (Å²) in [5.74, 6) is 0.0568. The van der Waals surface area contributed by atoms with Crippen molar-refractivity contribution in [1.82, 2.24) is 0 Å². The van der Waals surface area contributed by atoms with E-state index >= 15 is 0 Å². The number of unbranched alkanes of at least 4 members (excludes halogenated alkanes) is 37. The Morgan fingerprint density at radius 1 is 0.319 bits per heavy atom. The van der Waals surface area contributed by atoms with Gasteiger partial charge >= 0.3 is 39.5 Å². The van der Waals surface area contributed by atoms with Crippen LogP contribution in [0, 0.1) is 17.8 Å². The van der Waals surface area contributed by atoms with Gasteiger partial charge < -0.3 is 33.8 Å². The Labute approximate surface area is 556 Å². The molecule has 6 atom stereocenters. The molecule has 0 rings (SSSR count). The predicted octanol–water partition coefficient (Wildman–Crippen LogP) is 20.6. The van der Waals surface area contributed by atoms with Crippen LogP contribution in [0.4, 0.5) is 0 Å². The summed E-state index contributed by atoms with van der Waals surface area (Å²) < 4.78 is 68.3. The summed E-state index contributed by atoms with van der Waals surface area (Å²) in [6.45, 7) is 11.7. The molecule has 540 valence electrons. The topological polar surface area (TPSA) is 237 Å². The highest BCUT2D eigenvalue weighted by atomic mass is 31.2. The van der Waals surface area contributed by atoms with Gasteiger partial charge in [-0.3, -0.25) is 37.3 Å². The van der Waals surface area contributed by atoms with Gasteiger partial charge in [0.15, 0.2) is 12.2 Å². The third-order valence-corrected chi connectivity index (χ3v) is 18.9. The van der Waals surface area contributed by atoms with Crippen LogP contribution >= 0.6 is 15.6 Å². The number of hydrogen-bond acceptors (Lipinski definition) is 15. The Kier molecular flexibility index (Phi) is 61.5. The SMILES string of the molecule is CCCCCCCCCCCCCCCCCCCCC(=O)O[C@H](COC(=O)CCCCCCCCCCCCC(C)CC)COP(=O)(O)OC[C@@H](O)COP(=O)(O)OC[C@@H](COC(=O)CCCCCCCCC(C)C)OC(=O)CCCCCCCCCC(C)C. The lowest BCUT2D eigenvalue weighted by Crippen LogP contribution is -2.30. The molecule has 0 aliphatic carbocycles. The molecule has 91 heavy (non-hydrogen) atoms. The van der Waals surface area contributed by atoms with Crippen LogP contribution in [0.1, 0.15) is 363 Å². The highest BCUT2D eigenvalue weighted by Crippen LogP contribution is 2.45. The Bertz CT molecular complexity index is 1790. The minimum Gasteiger partial charge on any atom is -0.462 e. The molecule has 0 aliphatic heterocycles. The maximum Gasteiger partial charge on any atom is 0.472 e. The first kappa shape index (κ1) is 89.1. The predicted molar refractivity (Wildman–Crippen MR) is 368 cm³/mol. The Balaban J connectivity index is 5.22. The molecule has 0 heterocycles. The van der Waals surface area contributed by atoms with Crippen molar-refractivity contribution in [2.75, 3.05) is 39.6 Å². The Hall–Kier alpha value is -1.94. The maximum absolute atomic E-state index is 13.0. The Morgan fingerprint density at radius 3 is 0.835 bits per heavy atom. The van der Waals surface area contributed by atoms with Crippen LogP contribution in [0.2, 0.25) is 0 Å². The number of hydrogen-bond donors (Lipinski definition) is 3. The van der Waals surface area contributed by atoms with Crippen molar-refractivity contribution in [3.8, 4) is 0 Å². The molecule has 0 fully saturated rings. The summed E-state index contributed by atoms with van der Waals surface area (Å²) in [4.78, 5) is 72.6. The largest absolute Gasteiger partial charge is 0.472 e. The zero-order valence-electron chi connectivity index (χ0n) is 59.3. The van der Waals surface area contributed by atoms with Gasteiger partial charge in [-0.25, -0.2) is 9.13 Å². The second kappa shape index (κ2) is 62.8. The van der Waals surface area contributed by atoms with E-state index in [1.807, 2.05) is 0 Å². The number of aliphatic hydroxyl groups is 1. The van der Waals surface area contributed by atoms with Crippen molar-refractivity contribution in [2.45, 2.75) is 381 Å². The number of carbonyl (C=O) groups is 4. The fourth-order valence-electron chi connectivity index (χ4n) is 10.9. The zero-order chi connectivity index (χ0) is 67.3. The minimum atomic E-state index is -4.95. The van der Waals surface area contributed by atoms with Gasteiger partial charge in [-0.1, -0.05) is 312 Å². The third kappa shape index (κ3) is 65.1. The van der Waals surface area contributed by atoms with E-state index in [9.17, 15) is 43.2 Å². The molecule has 0 bridgehead atoms. The third-order valence-electron chi connectivity index (χ3n) is 17.0. The number of carbonyl (C=O) groups excluding carboxylic acids is 4. The average Bonchev–Trinajstić information content (AvgIpc) is 2.39. The lowest BCUT2D eigenvalue weighted by Gasteiger charge is -2.21. The van der Waals surface area contributed by atoms with Crippen molar-refractivity contribution < 1.29 is 80.2 Å². The molecule has 3 N–H and O–H groups in total. The fraction of sp³-hybridized carbons (Fsp3) is 0.944. The van der Waals surface area contributed by atoms with Gasteiger partial charge in [0.1, 0.15) is 19.3 Å². The van der Waals surface area contributed by atoms with Gasteiger partial charge in [-0.2, -0.15) is 0 Å². The van der Waals surface area contributed by atoms with Crippen LogP contribution in [0.25, 0.3) is 0 Å². The lowest BCUT2D eigenvalue weighted by molar-refractivity contribution is -0.161. The van der Waals surface area contributed by atoms with Crippen molar-refractivity contribution in [3.63, 3.8) is 0 Å². The number of ether oxygens (including phenoxy) is 4. The molecule has 0 radical (unpaired) electrons. The first-order chi connectivity index (χ1) is 43.8. The first-order valence-electron chi connectivity index (χ1n) is 37.4. The number of phosphoric ester groups is 2. The molecule has 0 amide bonds. The molecule has 0 saturated carbocycles. The lowest BCUT2D eigenvalue weighted by atomic mass is 9.99. The molecule has 0 aromatic carbocycles. The van der Waals surface area contributed by atoms with E-state index in [0.29, 0.717) is 37.5 Å². The quantitative estimate of drug-likeness (QED) is 0.0222. The zero-order valence-corrected chi connectivity index (χ0v) is 61.1. The molecular weight excluding hydrogens is 1200 g/mol. The van der Waals surface area contributed by atoms with Crippen molar-refractivity contribution in [1.29, 1.82) is 0 Å². The highest BCUT2D eigenvalue weighted by molar-refractivity contribution is 7.47. The molecule has 0 spiro atoms. The highest BCUT2D eigenvalue weighted by Gasteiger charge is 2.30. The van der Waals surface area contributed by atoms with Crippen LogP contribution in [-0.2, 0) is 65.4 Å². The van der Waals surface area contributed by atoms with Gasteiger partial charge in [0.25, 0.3) is 0 Å². The Morgan fingerprint density at radius 2 is 0.560 bits per heavy atom. The minimum absolute atomic E-state index is 0.102. The second-order valence-electron chi connectivity index (χ2n) is 27.2. The summed E-state index contributed by atoms with van der Waals surface area (Å²) in [7, 11) is -9.90. The number of aliphatic hydroxyl groups excluding tert-OH is 1. The molecule has 0 aromatic rings. The van der Waals surface area contributed by atoms with E-state index in [1.165, 1.54) is 167 Å². The fourth-order valence-corrected chi connectivity index (χ4v) is 12.4. The summed E-state index contributed by atoms with van der Waals surface area (Å²) in [5, 5.41) is 10.6. The van der Waals surface area contributed by atoms with Gasteiger partial charge in [-0.05, 0) is 43.4 Å². The van der Waals surface area contributed by atoms with E-state index < -0.39 is 97.5 Å². The maximum atomic E-state index is 13.0. The van der Waals surface area contributed by atoms with Crippen LogP contribution in [0.15, 0.2) is 0 Å². The molecule has 19 heteroatoms. The van der Waals surface area contributed by atoms with Crippen LogP contribution in [-0.4, -0.2) is 96.7 Å². The summed E-state index contributed by atoms with van der Waals surface area (Å²) in [5.41, 5.74) is 0. The monoisotopic (exact) mass is 1340 g/mol. The van der Waals surface area contributed by atoms with E-state index in [2.05, 4.69) is 48.5 Å². The van der Waals surface area contributed by atoms with Crippen LogP contribution in [0.5, 0.6) is 0 Å². The molecule has 0 saturated heterocycles. The molecule has 3 unspecified atom stereocenters. The van der Waals surface area contributed by atoms with Gasteiger partial charge in [0, 0.05) is 25.7 Å². The van der Waals surface area contributed by atoms with Crippen LogP contribution in [0.3, 0.4) is 0 Å². The van der Waals surface area contributed by atoms with Gasteiger partial charge in [0.2, 0.25) is 0 Å². The van der Waals surface area contributed by atoms with E-state index in [4.69, 9.17) is 37.0 Å². The van der Waals surface area contributed by atoms with Crippen molar-refractivity contribution in [2.24, 2.45) is 17.8 Å². The molecular formula is C72H140O17P2. The molecule has 17 nitrogen and oxygen atoms in total. The standard InChI is InChI=1S/C72H140O17P2/c1-8-10-11-12-13-14-15-16-17-18-19-20-21-22-27-32-41-48-55-71(76)88-67(59-82-69(74)53-46-39-31-26-24-23-25-30-38-45-52-65(7)9-2)61-86-90(78,79)84-57-66(73)58-85-91(80,81)87-62-68(60-83-70(75)54-47-40-35-34-37-44-51-64(5)6)89-72(77)56-49-42-33-28-29-36-43-50-63(3)4/h63-68,73H,8-62H2,1-7H3,(H,78,79)(H,80,81)/t65?,66-,67-,68-/m1/s1. The summed E-state index contributed by atoms with van der Waals surface area (Å²) in [6, 6.07) is 0. The molecule has 0 aliphatic rings. The average molecular weight is 1340 g/mol. The van der Waals surface area contributed by atoms with Crippen molar-refractivity contribution in [3.05, 3.63) is 0 Å². The van der Waals surface area contributed by atoms with E-state index in [0.717, 1.165) is 102 Å². The first-order valence-corrected chi connectivity index (χ1v) is 40.4. The number of esters is 4. The normalized spacial score (nSPS) is 14.5. The van der Waals surface area contributed by atoms with E-state index in [1.54, 1.807) is 0 Å². The van der Waals surface area contributed by atoms with Crippen LogP contribution < -0.4 is 0 Å². The smallest absolute Gasteiger partial charge is 0.462 e. The second-order valence-corrected chi connectivity index (χ2v) is 30.1. The van der Waals surface area contributed by atoms with Crippen molar-refractivity contribution >= 4 is 39.5 Å². The number of rotatable bonds is 70. The van der Waals surface area contributed by atoms with Gasteiger partial charge in [0.05, 0.1) is 26.4 Å². The van der Waals surface area contributed by atoms with E-state index in [-0.39, 0.29) is 25.7 Å². The summed E-state index contributed by atoms with van der Waals surface area (Å²) >= 11 is 0. The van der Waals surface area contributed by atoms with Gasteiger partial charge in [-0.15, -0.1) is 0 Å².